The molecule has 5 heteroatoms. The van der Waals surface area contributed by atoms with Crippen LogP contribution in [0.5, 0.6) is 0 Å². The Labute approximate surface area is 147 Å². The summed E-state index contributed by atoms with van der Waals surface area (Å²) in [6.07, 6.45) is 5.61. The summed E-state index contributed by atoms with van der Waals surface area (Å²) in [5.74, 6) is 0. The molecule has 1 aromatic carbocycles. The van der Waals surface area contributed by atoms with Crippen molar-refractivity contribution in [3.63, 3.8) is 0 Å². The fraction of sp³-hybridized carbons (Fsp3) is 0.450. The molecule has 1 saturated heterocycles. The number of hydrogen-bond acceptors (Lipinski definition) is 3. The third kappa shape index (κ3) is 3.22. The highest BCUT2D eigenvalue weighted by atomic mass is 16.5. The lowest BCUT2D eigenvalue weighted by Gasteiger charge is -2.23. The molecule has 25 heavy (non-hydrogen) atoms. The van der Waals surface area contributed by atoms with E-state index in [2.05, 4.69) is 27.9 Å². The largest absolute Gasteiger partial charge is 0.376 e. The van der Waals surface area contributed by atoms with Gasteiger partial charge in [0.1, 0.15) is 0 Å². The van der Waals surface area contributed by atoms with Crippen LogP contribution < -0.4 is 10.7 Å². The lowest BCUT2D eigenvalue weighted by Crippen LogP contribution is -2.38. The van der Waals surface area contributed by atoms with E-state index in [0.29, 0.717) is 6.10 Å². The van der Waals surface area contributed by atoms with Gasteiger partial charge in [0.2, 0.25) is 0 Å². The van der Waals surface area contributed by atoms with E-state index in [9.17, 15) is 4.79 Å². The van der Waals surface area contributed by atoms with Gasteiger partial charge in [-0.15, -0.1) is 0 Å². The number of aryl methyl sites for hydroxylation is 2. The van der Waals surface area contributed by atoms with Crippen molar-refractivity contribution < 1.29 is 4.74 Å². The highest BCUT2D eigenvalue weighted by Gasteiger charge is 2.15. The van der Waals surface area contributed by atoms with Crippen LogP contribution in [-0.4, -0.2) is 35.4 Å². The predicted molar refractivity (Wildman–Crippen MR) is 101 cm³/mol. The third-order valence-corrected chi connectivity index (χ3v) is 5.14. The topological polar surface area (TPSA) is 59.0 Å². The molecule has 1 unspecified atom stereocenters. The molecule has 5 nitrogen and oxygen atoms in total. The second-order valence-electron chi connectivity index (χ2n) is 6.89. The first kappa shape index (κ1) is 16.4. The van der Waals surface area contributed by atoms with Crippen molar-refractivity contribution in [1.29, 1.82) is 0 Å². The van der Waals surface area contributed by atoms with E-state index >= 15 is 0 Å². The molecule has 4 rings (SSSR count). The summed E-state index contributed by atoms with van der Waals surface area (Å²) in [4.78, 5) is 15.2. The molecule has 1 aliphatic heterocycles. The number of fused-ring (bicyclic) bond motifs is 3. The minimum atomic E-state index is 0.0693. The summed E-state index contributed by atoms with van der Waals surface area (Å²) in [5.41, 5.74) is 3.46. The quantitative estimate of drug-likeness (QED) is 0.703. The molecule has 0 bridgehead atoms. The molecule has 2 aromatic heterocycles. The average Bonchev–Trinajstić information content (AvgIpc) is 2.94. The van der Waals surface area contributed by atoms with Crippen LogP contribution >= 0.6 is 0 Å². The zero-order valence-electron chi connectivity index (χ0n) is 14.7. The number of morpholine rings is 1. The number of H-pyrrole nitrogens is 1. The molecular formula is C20H25N3O2. The number of nitrogens with one attached hydrogen (secondary N) is 2. The zero-order valence-corrected chi connectivity index (χ0v) is 14.7. The van der Waals surface area contributed by atoms with Gasteiger partial charge in [0.05, 0.1) is 23.7 Å². The highest BCUT2D eigenvalue weighted by molar-refractivity contribution is 6.08. The van der Waals surface area contributed by atoms with Crippen LogP contribution in [0.4, 0.5) is 0 Å². The Bertz CT molecular complexity index is 935. The minimum absolute atomic E-state index is 0.0693. The van der Waals surface area contributed by atoms with Crippen molar-refractivity contribution in [2.45, 2.75) is 38.8 Å². The number of pyridine rings is 1. The molecular weight excluding hydrogens is 314 g/mol. The summed E-state index contributed by atoms with van der Waals surface area (Å²) in [6.45, 7) is 5.76. The van der Waals surface area contributed by atoms with Gasteiger partial charge < -0.3 is 19.6 Å². The summed E-state index contributed by atoms with van der Waals surface area (Å²) in [5, 5.41) is 5.76. The van der Waals surface area contributed by atoms with Crippen molar-refractivity contribution in [2.75, 3.05) is 19.7 Å². The summed E-state index contributed by atoms with van der Waals surface area (Å²) >= 11 is 0. The molecule has 0 radical (unpaired) electrons. The third-order valence-electron chi connectivity index (χ3n) is 5.14. The van der Waals surface area contributed by atoms with Crippen molar-refractivity contribution >= 4 is 21.8 Å². The molecule has 1 fully saturated rings. The fourth-order valence-corrected chi connectivity index (χ4v) is 3.93. The van der Waals surface area contributed by atoms with Gasteiger partial charge in [-0.2, -0.15) is 0 Å². The Morgan fingerprint density at radius 3 is 3.00 bits per heavy atom. The number of benzene rings is 1. The maximum absolute atomic E-state index is 11.9. The normalized spacial score (nSPS) is 18.2. The minimum Gasteiger partial charge on any atom is -0.376 e. The fourth-order valence-electron chi connectivity index (χ4n) is 3.93. The molecule has 1 aliphatic rings. The number of nitrogens with zero attached hydrogens (tertiary/aromatic N) is 1. The van der Waals surface area contributed by atoms with Gasteiger partial charge in [-0.25, -0.2) is 0 Å². The SMILES string of the molecule is Cc1[nH]ccc2c3ccc(=O)cc3n(CCCCC3CNCCO3)c12. The highest BCUT2D eigenvalue weighted by Crippen LogP contribution is 2.29. The van der Waals surface area contributed by atoms with Crippen LogP contribution in [0.3, 0.4) is 0 Å². The van der Waals surface area contributed by atoms with Crippen LogP contribution in [0.15, 0.2) is 35.3 Å². The molecule has 3 aromatic rings. The average molecular weight is 339 g/mol. The Morgan fingerprint density at radius 2 is 2.16 bits per heavy atom. The molecule has 3 heterocycles. The lowest BCUT2D eigenvalue weighted by atomic mass is 10.1. The Balaban J connectivity index is 1.58. The van der Waals surface area contributed by atoms with E-state index in [1.54, 1.807) is 12.1 Å². The molecule has 2 N–H and O–H groups in total. The number of hydrogen-bond donors (Lipinski definition) is 2. The van der Waals surface area contributed by atoms with Crippen LogP contribution in [0, 0.1) is 6.92 Å². The molecule has 0 amide bonds. The lowest BCUT2D eigenvalue weighted by molar-refractivity contribution is 0.0220. The summed E-state index contributed by atoms with van der Waals surface area (Å²) in [7, 11) is 0. The van der Waals surface area contributed by atoms with Gasteiger partial charge in [0.25, 0.3) is 0 Å². The van der Waals surface area contributed by atoms with Gasteiger partial charge in [0.15, 0.2) is 5.43 Å². The van der Waals surface area contributed by atoms with Crippen LogP contribution in [-0.2, 0) is 11.3 Å². The molecule has 0 spiro atoms. The van der Waals surface area contributed by atoms with Crippen LogP contribution in [0.1, 0.15) is 25.0 Å². The van der Waals surface area contributed by atoms with Gasteiger partial charge in [-0.3, -0.25) is 4.79 Å². The van der Waals surface area contributed by atoms with Crippen molar-refractivity contribution in [3.8, 4) is 0 Å². The van der Waals surface area contributed by atoms with Gasteiger partial charge in [-0.05, 0) is 44.4 Å². The van der Waals surface area contributed by atoms with Crippen LogP contribution in [0.2, 0.25) is 0 Å². The van der Waals surface area contributed by atoms with Gasteiger partial charge in [0, 0.05) is 48.4 Å². The van der Waals surface area contributed by atoms with Gasteiger partial charge >= 0.3 is 0 Å². The number of rotatable bonds is 5. The second-order valence-corrected chi connectivity index (χ2v) is 6.89. The van der Waals surface area contributed by atoms with E-state index in [1.807, 2.05) is 12.3 Å². The molecule has 1 atom stereocenters. The van der Waals surface area contributed by atoms with Crippen LogP contribution in [0.25, 0.3) is 21.8 Å². The van der Waals surface area contributed by atoms with Crippen molar-refractivity contribution in [1.82, 2.24) is 14.9 Å². The van der Waals surface area contributed by atoms with Crippen molar-refractivity contribution in [2.24, 2.45) is 0 Å². The number of unbranched alkanes of at least 4 members (excludes halogenated alkanes) is 1. The molecule has 0 saturated carbocycles. The maximum atomic E-state index is 11.9. The summed E-state index contributed by atoms with van der Waals surface area (Å²) in [6, 6.07) is 7.49. The van der Waals surface area contributed by atoms with E-state index < -0.39 is 0 Å². The Morgan fingerprint density at radius 1 is 1.24 bits per heavy atom. The van der Waals surface area contributed by atoms with E-state index in [-0.39, 0.29) is 5.43 Å². The monoisotopic (exact) mass is 339 g/mol. The second kappa shape index (κ2) is 7.02. The summed E-state index contributed by atoms with van der Waals surface area (Å²) < 4.78 is 8.08. The first-order valence-electron chi connectivity index (χ1n) is 9.16. The zero-order chi connectivity index (χ0) is 17.2. The number of aromatic amines is 1. The molecule has 0 aliphatic carbocycles. The van der Waals surface area contributed by atoms with E-state index in [0.717, 1.165) is 62.1 Å². The smallest absolute Gasteiger partial charge is 0.180 e. The van der Waals surface area contributed by atoms with E-state index in [4.69, 9.17) is 4.74 Å². The van der Waals surface area contributed by atoms with Gasteiger partial charge in [-0.1, -0.05) is 0 Å². The van der Waals surface area contributed by atoms with E-state index in [1.165, 1.54) is 10.9 Å². The first-order valence-corrected chi connectivity index (χ1v) is 9.16. The Hall–Kier alpha value is -2.11. The standard InChI is InChI=1S/C20H25N3O2/c1-14-20-18(7-8-22-14)17-6-5-15(24)12-19(17)23(20)10-3-2-4-16-13-21-9-11-25-16/h5-8,12,16,21-22H,2-4,9-11,13H2,1H3. The first-order chi connectivity index (χ1) is 12.2. The molecule has 132 valence electrons. The number of ether oxygens (including phenoxy) is 1. The van der Waals surface area contributed by atoms with Crippen molar-refractivity contribution in [3.05, 3.63) is 46.4 Å². The predicted octanol–water partition coefficient (Wildman–Crippen LogP) is 2.95. The maximum Gasteiger partial charge on any atom is 0.180 e. The Kier molecular flexibility index (Phi) is 4.59. The number of aromatic nitrogens is 2.